The Kier molecular flexibility index (Phi) is 5.63. The zero-order chi connectivity index (χ0) is 18.4. The van der Waals surface area contributed by atoms with Crippen molar-refractivity contribution in [3.63, 3.8) is 0 Å². The monoisotopic (exact) mass is 349 g/mol. The zero-order valence-electron chi connectivity index (χ0n) is 15.2. The maximum absolute atomic E-state index is 5.66. The number of ether oxygens (including phenoxy) is 1. The summed E-state index contributed by atoms with van der Waals surface area (Å²) in [5, 5.41) is 6.59. The van der Waals surface area contributed by atoms with E-state index in [-0.39, 0.29) is 6.10 Å². The lowest BCUT2D eigenvalue weighted by atomic mass is 10.3. The van der Waals surface area contributed by atoms with E-state index in [2.05, 4.69) is 25.6 Å². The number of nitrogens with one attached hydrogen (secondary N) is 2. The number of rotatable bonds is 7. The molecule has 0 bridgehead atoms. The van der Waals surface area contributed by atoms with E-state index in [1.54, 1.807) is 6.20 Å². The van der Waals surface area contributed by atoms with Crippen LogP contribution in [0.4, 0.5) is 17.3 Å². The third-order valence-electron chi connectivity index (χ3n) is 3.51. The molecule has 134 valence electrons. The van der Waals surface area contributed by atoms with Gasteiger partial charge in [-0.2, -0.15) is 0 Å². The number of aromatic nitrogens is 3. The molecular weight excluding hydrogens is 326 g/mol. The van der Waals surface area contributed by atoms with Crippen molar-refractivity contribution in [2.24, 2.45) is 0 Å². The normalized spacial score (nSPS) is 10.6. The second kappa shape index (κ2) is 8.29. The summed E-state index contributed by atoms with van der Waals surface area (Å²) < 4.78 is 5.66. The SMILES string of the molecule is Cc1nc(NCc2ccccn2)cc(Nc2ccc(OC(C)C)cc2)n1. The van der Waals surface area contributed by atoms with Crippen molar-refractivity contribution < 1.29 is 4.74 Å². The highest BCUT2D eigenvalue weighted by Crippen LogP contribution is 2.21. The molecule has 0 unspecified atom stereocenters. The Morgan fingerprint density at radius 2 is 1.77 bits per heavy atom. The molecule has 3 aromatic rings. The lowest BCUT2D eigenvalue weighted by Gasteiger charge is -2.12. The fourth-order valence-corrected chi connectivity index (χ4v) is 2.44. The van der Waals surface area contributed by atoms with Crippen molar-refractivity contribution in [1.82, 2.24) is 15.0 Å². The molecule has 0 aliphatic carbocycles. The minimum absolute atomic E-state index is 0.158. The first-order chi connectivity index (χ1) is 12.6. The lowest BCUT2D eigenvalue weighted by Crippen LogP contribution is -2.06. The molecule has 26 heavy (non-hydrogen) atoms. The highest BCUT2D eigenvalue weighted by atomic mass is 16.5. The molecule has 2 aromatic heterocycles. The molecule has 0 atom stereocenters. The first-order valence-electron chi connectivity index (χ1n) is 8.62. The van der Waals surface area contributed by atoms with Crippen molar-refractivity contribution in [2.75, 3.05) is 10.6 Å². The standard InChI is InChI=1S/C20H23N5O/c1-14(2)26-18-9-7-16(8-10-18)25-20-12-19(23-15(3)24-20)22-13-17-6-4-5-11-21-17/h4-12,14H,13H2,1-3H3,(H2,22,23,24,25). The smallest absolute Gasteiger partial charge is 0.136 e. The lowest BCUT2D eigenvalue weighted by molar-refractivity contribution is 0.242. The molecule has 0 aliphatic rings. The van der Waals surface area contributed by atoms with E-state index in [9.17, 15) is 0 Å². The number of aryl methyl sites for hydroxylation is 1. The van der Waals surface area contributed by atoms with Gasteiger partial charge in [0.2, 0.25) is 0 Å². The summed E-state index contributed by atoms with van der Waals surface area (Å²) in [4.78, 5) is 13.2. The molecule has 6 heteroatoms. The maximum Gasteiger partial charge on any atom is 0.136 e. The second-order valence-corrected chi connectivity index (χ2v) is 6.18. The highest BCUT2D eigenvalue weighted by Gasteiger charge is 2.04. The molecule has 6 nitrogen and oxygen atoms in total. The van der Waals surface area contributed by atoms with Crippen molar-refractivity contribution in [3.8, 4) is 5.75 Å². The third kappa shape index (κ3) is 5.17. The fraction of sp³-hybridized carbons (Fsp3) is 0.250. The van der Waals surface area contributed by atoms with Gasteiger partial charge in [-0.15, -0.1) is 0 Å². The summed E-state index contributed by atoms with van der Waals surface area (Å²) in [5.41, 5.74) is 1.90. The molecule has 0 saturated heterocycles. The summed E-state index contributed by atoms with van der Waals surface area (Å²) in [6.45, 7) is 6.50. The number of hydrogen-bond donors (Lipinski definition) is 2. The van der Waals surface area contributed by atoms with E-state index in [4.69, 9.17) is 4.74 Å². The van der Waals surface area contributed by atoms with Crippen LogP contribution in [-0.2, 0) is 6.54 Å². The Balaban J connectivity index is 1.67. The molecule has 3 rings (SSSR count). The summed E-state index contributed by atoms with van der Waals surface area (Å²) in [7, 11) is 0. The number of pyridine rings is 1. The molecule has 1 aromatic carbocycles. The molecule has 0 fully saturated rings. The van der Waals surface area contributed by atoms with E-state index in [1.807, 2.05) is 69.3 Å². The number of benzene rings is 1. The van der Waals surface area contributed by atoms with Crippen molar-refractivity contribution in [1.29, 1.82) is 0 Å². The van der Waals surface area contributed by atoms with Crippen LogP contribution in [0.5, 0.6) is 5.75 Å². The van der Waals surface area contributed by atoms with E-state index in [0.29, 0.717) is 12.4 Å². The number of hydrogen-bond acceptors (Lipinski definition) is 6. The van der Waals surface area contributed by atoms with E-state index < -0.39 is 0 Å². The van der Waals surface area contributed by atoms with Crippen LogP contribution in [0.15, 0.2) is 54.7 Å². The van der Waals surface area contributed by atoms with Gasteiger partial charge < -0.3 is 15.4 Å². The van der Waals surface area contributed by atoms with Crippen LogP contribution in [0.2, 0.25) is 0 Å². The molecule has 0 aliphatic heterocycles. The van der Waals surface area contributed by atoms with Gasteiger partial charge >= 0.3 is 0 Å². The average molecular weight is 349 g/mol. The zero-order valence-corrected chi connectivity index (χ0v) is 15.2. The summed E-state index contributed by atoms with van der Waals surface area (Å²) >= 11 is 0. The van der Waals surface area contributed by atoms with Gasteiger partial charge in [0.15, 0.2) is 0 Å². The largest absolute Gasteiger partial charge is 0.491 e. The van der Waals surface area contributed by atoms with Gasteiger partial charge in [0.05, 0.1) is 18.3 Å². The first kappa shape index (κ1) is 17.7. The summed E-state index contributed by atoms with van der Waals surface area (Å²) in [5.74, 6) is 3.03. The Morgan fingerprint density at radius 3 is 2.46 bits per heavy atom. The van der Waals surface area contributed by atoms with Crippen LogP contribution < -0.4 is 15.4 Å². The minimum atomic E-state index is 0.158. The minimum Gasteiger partial charge on any atom is -0.491 e. The Morgan fingerprint density at radius 1 is 1.00 bits per heavy atom. The van der Waals surface area contributed by atoms with Crippen molar-refractivity contribution in [2.45, 2.75) is 33.4 Å². The van der Waals surface area contributed by atoms with E-state index in [0.717, 1.165) is 28.8 Å². The molecule has 0 amide bonds. The quantitative estimate of drug-likeness (QED) is 0.662. The highest BCUT2D eigenvalue weighted by molar-refractivity contribution is 5.60. The van der Waals surface area contributed by atoms with Gasteiger partial charge in [0.1, 0.15) is 23.2 Å². The van der Waals surface area contributed by atoms with Crippen LogP contribution in [0.3, 0.4) is 0 Å². The molecule has 0 spiro atoms. The number of anilines is 3. The second-order valence-electron chi connectivity index (χ2n) is 6.18. The van der Waals surface area contributed by atoms with Crippen LogP contribution in [-0.4, -0.2) is 21.1 Å². The Bertz CT molecular complexity index is 835. The van der Waals surface area contributed by atoms with Gasteiger partial charge in [-0.05, 0) is 57.2 Å². The predicted octanol–water partition coefficient (Wildman–Crippen LogP) is 4.32. The van der Waals surface area contributed by atoms with Crippen LogP contribution in [0.1, 0.15) is 25.4 Å². The molecule has 0 saturated carbocycles. The number of nitrogens with zero attached hydrogens (tertiary/aromatic N) is 3. The molecule has 2 N–H and O–H groups in total. The van der Waals surface area contributed by atoms with Gasteiger partial charge in [0.25, 0.3) is 0 Å². The Hall–Kier alpha value is -3.15. The van der Waals surface area contributed by atoms with Gasteiger partial charge in [0, 0.05) is 18.0 Å². The Labute approximate surface area is 153 Å². The van der Waals surface area contributed by atoms with Gasteiger partial charge in [-0.25, -0.2) is 9.97 Å². The van der Waals surface area contributed by atoms with Gasteiger partial charge in [-0.1, -0.05) is 6.07 Å². The summed E-state index contributed by atoms with van der Waals surface area (Å²) in [6, 6.07) is 15.5. The molecular formula is C20H23N5O. The summed E-state index contributed by atoms with van der Waals surface area (Å²) in [6.07, 6.45) is 1.94. The van der Waals surface area contributed by atoms with Crippen molar-refractivity contribution in [3.05, 3.63) is 66.2 Å². The van der Waals surface area contributed by atoms with Gasteiger partial charge in [-0.3, -0.25) is 4.98 Å². The topological polar surface area (TPSA) is 72.0 Å². The van der Waals surface area contributed by atoms with Crippen LogP contribution >= 0.6 is 0 Å². The maximum atomic E-state index is 5.66. The van der Waals surface area contributed by atoms with Crippen LogP contribution in [0, 0.1) is 6.92 Å². The fourth-order valence-electron chi connectivity index (χ4n) is 2.44. The predicted molar refractivity (Wildman–Crippen MR) is 104 cm³/mol. The molecule has 0 radical (unpaired) electrons. The first-order valence-corrected chi connectivity index (χ1v) is 8.62. The molecule has 2 heterocycles. The van der Waals surface area contributed by atoms with Crippen molar-refractivity contribution >= 4 is 17.3 Å². The average Bonchev–Trinajstić information content (AvgIpc) is 2.62. The third-order valence-corrected chi connectivity index (χ3v) is 3.51. The van der Waals surface area contributed by atoms with E-state index >= 15 is 0 Å². The van der Waals surface area contributed by atoms with Crippen LogP contribution in [0.25, 0.3) is 0 Å². The van der Waals surface area contributed by atoms with E-state index in [1.165, 1.54) is 0 Å².